The standard InChI is InChI=1S/C27H29N3O3S2/c1-27(2,3)30(35(32,33)24-15-7-12-22-13-8-16-28-26(22)24)20-25(31)29(19-23-14-9-17-34-23)18-21-10-5-4-6-11-21/h4-17H,18-20H2,1-3H3. The van der Waals surface area contributed by atoms with Crippen LogP contribution < -0.4 is 0 Å². The topological polar surface area (TPSA) is 70.6 Å². The number of hydrogen-bond acceptors (Lipinski definition) is 5. The molecule has 0 aliphatic carbocycles. The number of amides is 1. The van der Waals surface area contributed by atoms with Gasteiger partial charge >= 0.3 is 0 Å². The first-order chi connectivity index (χ1) is 16.7. The Balaban J connectivity index is 1.69. The zero-order valence-corrected chi connectivity index (χ0v) is 21.7. The molecule has 4 aromatic rings. The molecule has 0 bridgehead atoms. The lowest BCUT2D eigenvalue weighted by Gasteiger charge is -2.35. The number of benzene rings is 2. The van der Waals surface area contributed by atoms with Gasteiger partial charge in [-0.3, -0.25) is 9.78 Å². The molecule has 4 rings (SSSR count). The number of carbonyl (C=O) groups is 1. The maximum absolute atomic E-state index is 13.9. The van der Waals surface area contributed by atoms with E-state index in [9.17, 15) is 13.2 Å². The van der Waals surface area contributed by atoms with E-state index in [1.807, 2.05) is 60.0 Å². The molecule has 0 unspecified atom stereocenters. The Labute approximate surface area is 210 Å². The molecule has 0 atom stereocenters. The van der Waals surface area contributed by atoms with Crippen molar-refractivity contribution in [2.45, 2.75) is 44.3 Å². The molecular weight excluding hydrogens is 478 g/mol. The highest BCUT2D eigenvalue weighted by atomic mass is 32.2. The minimum absolute atomic E-state index is 0.103. The first kappa shape index (κ1) is 25.0. The van der Waals surface area contributed by atoms with Crippen molar-refractivity contribution < 1.29 is 13.2 Å². The SMILES string of the molecule is CC(C)(C)N(CC(=O)N(Cc1ccccc1)Cc1cccs1)S(=O)(=O)c1cccc2cccnc12. The van der Waals surface area contributed by atoms with E-state index in [1.54, 1.807) is 61.4 Å². The summed E-state index contributed by atoms with van der Waals surface area (Å²) < 4.78 is 29.2. The fraction of sp³-hybridized carbons (Fsp3) is 0.259. The van der Waals surface area contributed by atoms with E-state index in [1.165, 1.54) is 4.31 Å². The number of pyridine rings is 1. The van der Waals surface area contributed by atoms with Crippen LogP contribution in [0.4, 0.5) is 0 Å². The summed E-state index contributed by atoms with van der Waals surface area (Å²) in [5.74, 6) is -0.256. The predicted molar refractivity (Wildman–Crippen MR) is 140 cm³/mol. The third kappa shape index (κ3) is 5.78. The summed E-state index contributed by atoms with van der Waals surface area (Å²) >= 11 is 1.57. The van der Waals surface area contributed by atoms with Gasteiger partial charge in [0, 0.05) is 28.5 Å². The number of carbonyl (C=O) groups excluding carboxylic acids is 1. The number of fused-ring (bicyclic) bond motifs is 1. The number of hydrogen-bond donors (Lipinski definition) is 0. The van der Waals surface area contributed by atoms with Crippen LogP contribution in [0.25, 0.3) is 10.9 Å². The van der Waals surface area contributed by atoms with Gasteiger partial charge in [-0.1, -0.05) is 54.6 Å². The quantitative estimate of drug-likeness (QED) is 0.324. The van der Waals surface area contributed by atoms with Crippen molar-refractivity contribution in [3.8, 4) is 0 Å². The molecule has 0 aliphatic heterocycles. The van der Waals surface area contributed by atoms with Gasteiger partial charge in [-0.05, 0) is 49.9 Å². The Morgan fingerprint density at radius 3 is 2.34 bits per heavy atom. The van der Waals surface area contributed by atoms with Gasteiger partial charge in [0.25, 0.3) is 0 Å². The number of sulfonamides is 1. The zero-order valence-electron chi connectivity index (χ0n) is 20.1. The summed E-state index contributed by atoms with van der Waals surface area (Å²) in [6.07, 6.45) is 1.58. The van der Waals surface area contributed by atoms with Crippen molar-refractivity contribution in [2.75, 3.05) is 6.54 Å². The molecule has 2 heterocycles. The molecule has 2 aromatic heterocycles. The Hall–Kier alpha value is -3.07. The minimum atomic E-state index is -4.02. The molecule has 182 valence electrons. The molecule has 0 spiro atoms. The normalized spacial score (nSPS) is 12.2. The number of nitrogens with zero attached hydrogens (tertiary/aromatic N) is 3. The van der Waals surface area contributed by atoms with Gasteiger partial charge in [-0.15, -0.1) is 11.3 Å². The average Bonchev–Trinajstić information content (AvgIpc) is 3.34. The first-order valence-electron chi connectivity index (χ1n) is 11.4. The van der Waals surface area contributed by atoms with Crippen molar-refractivity contribution in [1.29, 1.82) is 0 Å². The third-order valence-electron chi connectivity index (χ3n) is 5.69. The van der Waals surface area contributed by atoms with E-state index in [-0.39, 0.29) is 17.3 Å². The van der Waals surface area contributed by atoms with E-state index < -0.39 is 15.6 Å². The molecule has 0 radical (unpaired) electrons. The number of aromatic nitrogens is 1. The van der Waals surface area contributed by atoms with Crippen LogP contribution in [0.15, 0.2) is 89.3 Å². The van der Waals surface area contributed by atoms with Crippen LogP contribution in [-0.4, -0.2) is 40.6 Å². The van der Waals surface area contributed by atoms with Crippen LogP contribution in [0.5, 0.6) is 0 Å². The van der Waals surface area contributed by atoms with Crippen LogP contribution >= 0.6 is 11.3 Å². The molecule has 8 heteroatoms. The zero-order chi connectivity index (χ0) is 25.1. The Morgan fingerprint density at radius 2 is 1.66 bits per heavy atom. The lowest BCUT2D eigenvalue weighted by atomic mass is 10.1. The van der Waals surface area contributed by atoms with Crippen molar-refractivity contribution in [3.05, 3.63) is 94.8 Å². The second-order valence-corrected chi connectivity index (χ2v) is 12.2. The summed E-state index contributed by atoms with van der Waals surface area (Å²) in [5.41, 5.74) is 0.560. The van der Waals surface area contributed by atoms with Gasteiger partial charge in [0.1, 0.15) is 4.90 Å². The van der Waals surface area contributed by atoms with Crippen molar-refractivity contribution in [3.63, 3.8) is 0 Å². The Morgan fingerprint density at radius 1 is 0.914 bits per heavy atom. The Kier molecular flexibility index (Phi) is 7.35. The molecular formula is C27H29N3O3S2. The van der Waals surface area contributed by atoms with E-state index >= 15 is 0 Å². The van der Waals surface area contributed by atoms with E-state index in [0.29, 0.717) is 18.6 Å². The van der Waals surface area contributed by atoms with Crippen LogP contribution in [-0.2, 0) is 27.9 Å². The van der Waals surface area contributed by atoms with E-state index in [0.717, 1.165) is 15.8 Å². The van der Waals surface area contributed by atoms with Gasteiger partial charge in [0.2, 0.25) is 15.9 Å². The predicted octanol–water partition coefficient (Wildman–Crippen LogP) is 5.31. The molecule has 1 amide bonds. The average molecular weight is 508 g/mol. The minimum Gasteiger partial charge on any atom is -0.332 e. The van der Waals surface area contributed by atoms with Gasteiger partial charge in [-0.25, -0.2) is 8.42 Å². The molecule has 0 saturated carbocycles. The first-order valence-corrected chi connectivity index (χ1v) is 13.7. The van der Waals surface area contributed by atoms with Gasteiger partial charge < -0.3 is 4.90 Å². The molecule has 0 N–H and O–H groups in total. The van der Waals surface area contributed by atoms with Gasteiger partial charge in [-0.2, -0.15) is 4.31 Å². The summed E-state index contributed by atoms with van der Waals surface area (Å²) in [5, 5.41) is 2.71. The number of thiophene rings is 1. The smallest absolute Gasteiger partial charge is 0.246 e. The van der Waals surface area contributed by atoms with Crippen LogP contribution in [0.3, 0.4) is 0 Å². The molecule has 2 aromatic carbocycles. The van der Waals surface area contributed by atoms with Crippen LogP contribution in [0.2, 0.25) is 0 Å². The van der Waals surface area contributed by atoms with E-state index in [4.69, 9.17) is 0 Å². The maximum Gasteiger partial charge on any atom is 0.246 e. The monoisotopic (exact) mass is 507 g/mol. The van der Waals surface area contributed by atoms with E-state index in [2.05, 4.69) is 4.98 Å². The fourth-order valence-corrected chi connectivity index (χ4v) is 6.56. The molecule has 6 nitrogen and oxygen atoms in total. The summed E-state index contributed by atoms with van der Waals surface area (Å²) in [6.45, 7) is 5.95. The van der Waals surface area contributed by atoms with Crippen LogP contribution in [0.1, 0.15) is 31.2 Å². The second kappa shape index (κ2) is 10.3. The summed E-state index contributed by atoms with van der Waals surface area (Å²) in [7, 11) is -4.02. The fourth-order valence-electron chi connectivity index (χ4n) is 3.94. The highest BCUT2D eigenvalue weighted by Crippen LogP contribution is 2.29. The van der Waals surface area contributed by atoms with Crippen molar-refractivity contribution in [2.24, 2.45) is 0 Å². The highest BCUT2D eigenvalue weighted by molar-refractivity contribution is 7.89. The highest BCUT2D eigenvalue weighted by Gasteiger charge is 2.37. The van der Waals surface area contributed by atoms with Crippen molar-refractivity contribution >= 4 is 38.2 Å². The summed E-state index contributed by atoms with van der Waals surface area (Å²) in [4.78, 5) is 20.9. The lowest BCUT2D eigenvalue weighted by molar-refractivity contribution is -0.133. The molecule has 0 aliphatic rings. The maximum atomic E-state index is 13.9. The third-order valence-corrected chi connectivity index (χ3v) is 8.69. The second-order valence-electron chi connectivity index (χ2n) is 9.33. The largest absolute Gasteiger partial charge is 0.332 e. The molecule has 35 heavy (non-hydrogen) atoms. The van der Waals surface area contributed by atoms with Gasteiger partial charge in [0.15, 0.2) is 0 Å². The Bertz CT molecular complexity index is 1390. The van der Waals surface area contributed by atoms with Crippen molar-refractivity contribution in [1.82, 2.24) is 14.2 Å². The lowest BCUT2D eigenvalue weighted by Crippen LogP contribution is -2.50. The number of para-hydroxylation sites is 1. The van der Waals surface area contributed by atoms with Crippen LogP contribution in [0, 0.1) is 0 Å². The number of rotatable bonds is 8. The molecule has 0 fully saturated rings. The van der Waals surface area contributed by atoms with Gasteiger partial charge in [0.05, 0.1) is 18.6 Å². The summed E-state index contributed by atoms with van der Waals surface area (Å²) in [6, 6.07) is 22.4. The molecule has 0 saturated heterocycles.